The van der Waals surface area contributed by atoms with Crippen LogP contribution in [0.2, 0.25) is 0 Å². The largest absolute Gasteiger partial charge is 0.476 e. The Balaban J connectivity index is 2.37. The molecule has 1 unspecified atom stereocenters. The summed E-state index contributed by atoms with van der Waals surface area (Å²) in [6.07, 6.45) is 2.17. The molecule has 0 aliphatic carbocycles. The Kier molecular flexibility index (Phi) is 2.90. The molecule has 0 saturated heterocycles. The first-order valence-corrected chi connectivity index (χ1v) is 5.24. The van der Waals surface area contributed by atoms with E-state index in [1.165, 1.54) is 6.33 Å². The van der Waals surface area contributed by atoms with Gasteiger partial charge >= 0.3 is 5.97 Å². The normalized spacial score (nSPS) is 12.6. The highest BCUT2D eigenvalue weighted by molar-refractivity contribution is 5.91. The van der Waals surface area contributed by atoms with Crippen molar-refractivity contribution in [3.8, 4) is 11.6 Å². The van der Waals surface area contributed by atoms with Crippen LogP contribution in [0.5, 0.6) is 0 Å². The van der Waals surface area contributed by atoms with Crippen LogP contribution in [0.4, 0.5) is 0 Å². The summed E-state index contributed by atoms with van der Waals surface area (Å²) < 4.78 is 5.03. The SMILES string of the molecule is CCC(C)c1noc(-c2[nH]cnc2C(=O)O)n1. The van der Waals surface area contributed by atoms with Crippen LogP contribution in [0.25, 0.3) is 11.6 Å². The van der Waals surface area contributed by atoms with Gasteiger partial charge in [0.05, 0.1) is 6.33 Å². The second-order valence-electron chi connectivity index (χ2n) is 3.70. The standard InChI is InChI=1S/C10H12N4O3/c1-3-5(2)8-13-9(17-14-8)6-7(10(15)16)12-4-11-6/h4-5H,3H2,1-2H3,(H,11,12)(H,15,16). The van der Waals surface area contributed by atoms with Gasteiger partial charge in [-0.3, -0.25) is 0 Å². The van der Waals surface area contributed by atoms with E-state index in [1.54, 1.807) is 0 Å². The molecule has 0 aliphatic rings. The third-order valence-electron chi connectivity index (χ3n) is 2.55. The van der Waals surface area contributed by atoms with Gasteiger partial charge in [0, 0.05) is 5.92 Å². The first kappa shape index (κ1) is 11.3. The average molecular weight is 236 g/mol. The van der Waals surface area contributed by atoms with Crippen molar-refractivity contribution in [3.63, 3.8) is 0 Å². The molecule has 0 aliphatic heterocycles. The summed E-state index contributed by atoms with van der Waals surface area (Å²) in [7, 11) is 0. The van der Waals surface area contributed by atoms with Crippen molar-refractivity contribution in [2.75, 3.05) is 0 Å². The van der Waals surface area contributed by atoms with Gasteiger partial charge in [-0.25, -0.2) is 9.78 Å². The van der Waals surface area contributed by atoms with E-state index in [1.807, 2.05) is 13.8 Å². The zero-order valence-corrected chi connectivity index (χ0v) is 9.47. The Morgan fingerprint density at radius 2 is 2.41 bits per heavy atom. The van der Waals surface area contributed by atoms with Gasteiger partial charge in [-0.1, -0.05) is 19.0 Å². The predicted octanol–water partition coefficient (Wildman–Crippen LogP) is 1.67. The number of carboxylic acid groups (broad SMARTS) is 1. The Bertz CT molecular complexity index is 531. The summed E-state index contributed by atoms with van der Waals surface area (Å²) >= 11 is 0. The highest BCUT2D eigenvalue weighted by Crippen LogP contribution is 2.22. The second kappa shape index (κ2) is 4.36. The van der Waals surface area contributed by atoms with E-state index in [2.05, 4.69) is 20.1 Å². The number of nitrogens with one attached hydrogen (secondary N) is 1. The zero-order valence-electron chi connectivity index (χ0n) is 9.47. The molecular formula is C10H12N4O3. The Morgan fingerprint density at radius 1 is 1.65 bits per heavy atom. The van der Waals surface area contributed by atoms with E-state index >= 15 is 0 Å². The number of aromatic amines is 1. The van der Waals surface area contributed by atoms with Gasteiger partial charge < -0.3 is 14.6 Å². The van der Waals surface area contributed by atoms with Gasteiger partial charge in [0.1, 0.15) is 5.69 Å². The number of rotatable bonds is 4. The van der Waals surface area contributed by atoms with Crippen LogP contribution in [0.3, 0.4) is 0 Å². The van der Waals surface area contributed by atoms with Crippen molar-refractivity contribution < 1.29 is 14.4 Å². The number of H-pyrrole nitrogens is 1. The summed E-state index contributed by atoms with van der Waals surface area (Å²) in [6.45, 7) is 3.99. The van der Waals surface area contributed by atoms with Crippen LogP contribution in [0.15, 0.2) is 10.9 Å². The number of imidazole rings is 1. The molecule has 2 aromatic heterocycles. The Morgan fingerprint density at radius 3 is 3.06 bits per heavy atom. The second-order valence-corrected chi connectivity index (χ2v) is 3.70. The maximum atomic E-state index is 10.9. The van der Waals surface area contributed by atoms with E-state index in [0.29, 0.717) is 5.82 Å². The molecule has 7 heteroatoms. The maximum Gasteiger partial charge on any atom is 0.356 e. The molecule has 0 radical (unpaired) electrons. The van der Waals surface area contributed by atoms with Gasteiger partial charge in [-0.05, 0) is 6.42 Å². The Labute approximate surface area is 96.9 Å². The van der Waals surface area contributed by atoms with Crippen molar-refractivity contribution in [2.45, 2.75) is 26.2 Å². The first-order chi connectivity index (χ1) is 8.13. The van der Waals surface area contributed by atoms with Crippen molar-refractivity contribution in [3.05, 3.63) is 17.8 Å². The molecule has 2 N–H and O–H groups in total. The number of hydrogen-bond acceptors (Lipinski definition) is 5. The molecule has 2 aromatic rings. The summed E-state index contributed by atoms with van der Waals surface area (Å²) in [6, 6.07) is 0. The minimum Gasteiger partial charge on any atom is -0.476 e. The summed E-state index contributed by atoms with van der Waals surface area (Å²) in [5, 5.41) is 12.7. The van der Waals surface area contributed by atoms with Crippen LogP contribution in [-0.4, -0.2) is 31.2 Å². The van der Waals surface area contributed by atoms with Crippen molar-refractivity contribution in [1.29, 1.82) is 0 Å². The number of aromatic carboxylic acids is 1. The molecule has 0 aromatic carbocycles. The van der Waals surface area contributed by atoms with Gasteiger partial charge in [0.15, 0.2) is 11.5 Å². The van der Waals surface area contributed by atoms with Crippen LogP contribution in [0.1, 0.15) is 42.5 Å². The lowest BCUT2D eigenvalue weighted by molar-refractivity contribution is 0.0691. The van der Waals surface area contributed by atoms with Crippen LogP contribution in [0, 0.1) is 0 Å². The van der Waals surface area contributed by atoms with E-state index in [4.69, 9.17) is 9.63 Å². The molecule has 2 rings (SSSR count). The van der Waals surface area contributed by atoms with Gasteiger partial charge in [0.25, 0.3) is 5.89 Å². The average Bonchev–Trinajstić information content (AvgIpc) is 2.95. The number of carbonyl (C=O) groups is 1. The summed E-state index contributed by atoms with van der Waals surface area (Å²) in [4.78, 5) is 21.4. The van der Waals surface area contributed by atoms with Gasteiger partial charge in [-0.2, -0.15) is 4.98 Å². The lowest BCUT2D eigenvalue weighted by atomic mass is 10.1. The predicted molar refractivity (Wildman–Crippen MR) is 57.5 cm³/mol. The summed E-state index contributed by atoms with van der Waals surface area (Å²) in [5.41, 5.74) is 0.115. The van der Waals surface area contributed by atoms with Crippen molar-refractivity contribution >= 4 is 5.97 Å². The molecule has 1 atom stereocenters. The summed E-state index contributed by atoms with van der Waals surface area (Å²) in [5.74, 6) is -0.253. The molecule has 17 heavy (non-hydrogen) atoms. The molecule has 0 saturated carbocycles. The third kappa shape index (κ3) is 2.03. The van der Waals surface area contributed by atoms with Crippen molar-refractivity contribution in [2.24, 2.45) is 0 Å². The number of hydrogen-bond donors (Lipinski definition) is 2. The molecular weight excluding hydrogens is 224 g/mol. The zero-order chi connectivity index (χ0) is 12.4. The lowest BCUT2D eigenvalue weighted by Crippen LogP contribution is -1.99. The minimum atomic E-state index is -1.13. The van der Waals surface area contributed by atoms with E-state index < -0.39 is 5.97 Å². The lowest BCUT2D eigenvalue weighted by Gasteiger charge is -1.98. The highest BCUT2D eigenvalue weighted by atomic mass is 16.5. The van der Waals surface area contributed by atoms with Crippen LogP contribution in [-0.2, 0) is 0 Å². The van der Waals surface area contributed by atoms with Gasteiger partial charge in [-0.15, -0.1) is 0 Å². The molecule has 90 valence electrons. The van der Waals surface area contributed by atoms with Crippen molar-refractivity contribution in [1.82, 2.24) is 20.1 Å². The van der Waals surface area contributed by atoms with Gasteiger partial charge in [0.2, 0.25) is 0 Å². The number of nitrogens with zero attached hydrogens (tertiary/aromatic N) is 3. The van der Waals surface area contributed by atoms with E-state index in [0.717, 1.165) is 6.42 Å². The fraction of sp³-hybridized carbons (Fsp3) is 0.400. The minimum absolute atomic E-state index is 0.121. The topological polar surface area (TPSA) is 105 Å². The van der Waals surface area contributed by atoms with E-state index in [-0.39, 0.29) is 23.2 Å². The molecule has 0 bridgehead atoms. The third-order valence-corrected chi connectivity index (χ3v) is 2.55. The number of aromatic nitrogens is 4. The smallest absolute Gasteiger partial charge is 0.356 e. The molecule has 0 spiro atoms. The molecule has 2 heterocycles. The monoisotopic (exact) mass is 236 g/mol. The molecule has 7 nitrogen and oxygen atoms in total. The van der Waals surface area contributed by atoms with Crippen LogP contribution >= 0.6 is 0 Å². The molecule has 0 amide bonds. The fourth-order valence-corrected chi connectivity index (χ4v) is 1.34. The Hall–Kier alpha value is -2.18. The highest BCUT2D eigenvalue weighted by Gasteiger charge is 2.21. The fourth-order valence-electron chi connectivity index (χ4n) is 1.34. The first-order valence-electron chi connectivity index (χ1n) is 5.24. The molecule has 0 fully saturated rings. The van der Waals surface area contributed by atoms with E-state index in [9.17, 15) is 4.79 Å². The van der Waals surface area contributed by atoms with Crippen LogP contribution < -0.4 is 0 Å². The maximum absolute atomic E-state index is 10.9. The number of carboxylic acids is 1. The quantitative estimate of drug-likeness (QED) is 0.836.